The van der Waals surface area contributed by atoms with Crippen LogP contribution in [-0.2, 0) is 14.3 Å². The van der Waals surface area contributed by atoms with Gasteiger partial charge in [-0.1, -0.05) is 0 Å². The third-order valence-corrected chi connectivity index (χ3v) is 5.12. The molecule has 2 amide bonds. The van der Waals surface area contributed by atoms with Crippen molar-refractivity contribution >= 4 is 39.8 Å². The SMILES string of the molecule is Nc1nccc2cc(NC(=O)C(O)[C@H]3OCCN(c4ccc(OC(F)(F)F)cc4)C3=O)ccc12. The normalized spacial score (nSPS) is 17.5. The highest BCUT2D eigenvalue weighted by Crippen LogP contribution is 2.27. The summed E-state index contributed by atoms with van der Waals surface area (Å²) in [5.41, 5.74) is 6.44. The predicted octanol–water partition coefficient (Wildman–Crippen LogP) is 2.45. The fraction of sp³-hybridized carbons (Fsp3) is 0.227. The number of hydrogen-bond donors (Lipinski definition) is 3. The molecule has 0 radical (unpaired) electrons. The van der Waals surface area contributed by atoms with Gasteiger partial charge in [0, 0.05) is 29.5 Å². The van der Waals surface area contributed by atoms with E-state index < -0.39 is 36.1 Å². The van der Waals surface area contributed by atoms with Gasteiger partial charge in [-0.25, -0.2) is 4.98 Å². The van der Waals surface area contributed by atoms with Gasteiger partial charge in [0.2, 0.25) is 0 Å². The van der Waals surface area contributed by atoms with Crippen LogP contribution >= 0.6 is 0 Å². The van der Waals surface area contributed by atoms with Gasteiger partial charge < -0.3 is 30.5 Å². The van der Waals surface area contributed by atoms with Crippen molar-refractivity contribution < 1.29 is 37.3 Å². The molecule has 0 bridgehead atoms. The number of anilines is 3. The lowest BCUT2D eigenvalue weighted by Gasteiger charge is -2.34. The van der Waals surface area contributed by atoms with E-state index in [-0.39, 0.29) is 18.8 Å². The van der Waals surface area contributed by atoms with Crippen LogP contribution in [0, 0.1) is 0 Å². The van der Waals surface area contributed by atoms with Crippen molar-refractivity contribution in [2.45, 2.75) is 18.6 Å². The lowest BCUT2D eigenvalue weighted by molar-refractivity contribution is -0.274. The second kappa shape index (κ2) is 9.15. The molecular formula is C22H19F3N4O5. The highest BCUT2D eigenvalue weighted by atomic mass is 19.4. The number of pyridine rings is 1. The van der Waals surface area contributed by atoms with E-state index >= 15 is 0 Å². The molecule has 1 fully saturated rings. The molecule has 2 aromatic carbocycles. The first kappa shape index (κ1) is 23.3. The zero-order valence-electron chi connectivity index (χ0n) is 17.5. The van der Waals surface area contributed by atoms with Gasteiger partial charge in [-0.2, -0.15) is 0 Å². The molecule has 4 N–H and O–H groups in total. The molecular weight excluding hydrogens is 457 g/mol. The van der Waals surface area contributed by atoms with E-state index in [9.17, 15) is 27.9 Å². The van der Waals surface area contributed by atoms with Gasteiger partial charge in [0.1, 0.15) is 11.6 Å². The van der Waals surface area contributed by atoms with E-state index in [0.717, 1.165) is 12.1 Å². The molecule has 4 rings (SSSR count). The number of hydrogen-bond acceptors (Lipinski definition) is 7. The summed E-state index contributed by atoms with van der Waals surface area (Å²) < 4.78 is 46.2. The number of nitrogens with two attached hydrogens (primary N) is 1. The van der Waals surface area contributed by atoms with Crippen LogP contribution in [0.2, 0.25) is 0 Å². The number of aliphatic hydroxyl groups excluding tert-OH is 1. The number of carbonyl (C=O) groups is 2. The number of rotatable bonds is 5. The molecule has 12 heteroatoms. The molecule has 1 saturated heterocycles. The second-order valence-electron chi connectivity index (χ2n) is 7.39. The maximum atomic E-state index is 12.9. The number of morpholine rings is 1. The van der Waals surface area contributed by atoms with Gasteiger partial charge in [-0.15, -0.1) is 13.2 Å². The van der Waals surface area contributed by atoms with Crippen molar-refractivity contribution in [1.82, 2.24) is 4.98 Å². The molecule has 1 aromatic heterocycles. The molecule has 0 spiro atoms. The van der Waals surface area contributed by atoms with Crippen LogP contribution in [0.1, 0.15) is 0 Å². The average molecular weight is 476 g/mol. The van der Waals surface area contributed by atoms with Crippen LogP contribution in [0.25, 0.3) is 10.8 Å². The first-order valence-electron chi connectivity index (χ1n) is 10.0. The molecule has 178 valence electrons. The third-order valence-electron chi connectivity index (χ3n) is 5.12. The molecule has 9 nitrogen and oxygen atoms in total. The highest BCUT2D eigenvalue weighted by Gasteiger charge is 2.39. The van der Waals surface area contributed by atoms with Gasteiger partial charge in [-0.3, -0.25) is 9.59 Å². The monoisotopic (exact) mass is 476 g/mol. The minimum absolute atomic E-state index is 0.00377. The number of fused-ring (bicyclic) bond motifs is 1. The number of alkyl halides is 3. The molecule has 2 atom stereocenters. The zero-order valence-corrected chi connectivity index (χ0v) is 17.5. The third kappa shape index (κ3) is 5.02. The number of carbonyl (C=O) groups excluding carboxylic acids is 2. The van der Waals surface area contributed by atoms with Gasteiger partial charge in [0.15, 0.2) is 12.2 Å². The van der Waals surface area contributed by atoms with E-state index in [0.29, 0.717) is 22.3 Å². The Bertz CT molecular complexity index is 1220. The van der Waals surface area contributed by atoms with Gasteiger partial charge >= 0.3 is 6.36 Å². The average Bonchev–Trinajstić information content (AvgIpc) is 2.78. The largest absolute Gasteiger partial charge is 0.573 e. The summed E-state index contributed by atoms with van der Waals surface area (Å²) in [6.07, 6.45) is -6.65. The lowest BCUT2D eigenvalue weighted by atomic mass is 10.1. The Labute approximate surface area is 190 Å². The number of benzene rings is 2. The molecule has 1 unspecified atom stereocenters. The van der Waals surface area contributed by atoms with Crippen LogP contribution in [0.4, 0.5) is 30.4 Å². The van der Waals surface area contributed by atoms with Crippen molar-refractivity contribution in [1.29, 1.82) is 0 Å². The summed E-state index contributed by atoms with van der Waals surface area (Å²) in [5, 5.41) is 14.4. The molecule has 34 heavy (non-hydrogen) atoms. The zero-order chi connectivity index (χ0) is 24.5. The number of halogens is 3. The number of ether oxygens (including phenoxy) is 2. The lowest BCUT2D eigenvalue weighted by Crippen LogP contribution is -2.55. The summed E-state index contributed by atoms with van der Waals surface area (Å²) in [7, 11) is 0. The van der Waals surface area contributed by atoms with Crippen LogP contribution < -0.4 is 20.7 Å². The first-order chi connectivity index (χ1) is 16.1. The minimum Gasteiger partial charge on any atom is -0.406 e. The molecule has 1 aliphatic rings. The summed E-state index contributed by atoms with van der Waals surface area (Å²) >= 11 is 0. The van der Waals surface area contributed by atoms with Crippen LogP contribution in [-0.4, -0.2) is 53.6 Å². The Hall–Kier alpha value is -3.90. The Balaban J connectivity index is 1.45. The summed E-state index contributed by atoms with van der Waals surface area (Å²) in [4.78, 5) is 30.7. The fourth-order valence-corrected chi connectivity index (χ4v) is 3.55. The van der Waals surface area contributed by atoms with Crippen molar-refractivity contribution in [2.24, 2.45) is 0 Å². The minimum atomic E-state index is -4.84. The first-order valence-corrected chi connectivity index (χ1v) is 10.0. The molecule has 0 saturated carbocycles. The van der Waals surface area contributed by atoms with Crippen molar-refractivity contribution in [2.75, 3.05) is 29.1 Å². The van der Waals surface area contributed by atoms with Crippen molar-refractivity contribution in [3.05, 3.63) is 54.7 Å². The molecule has 3 aromatic rings. The van der Waals surface area contributed by atoms with Crippen molar-refractivity contribution in [3.63, 3.8) is 0 Å². The van der Waals surface area contributed by atoms with E-state index in [4.69, 9.17) is 10.5 Å². The molecule has 0 aliphatic carbocycles. The number of nitrogens with zero attached hydrogens (tertiary/aromatic N) is 2. The van der Waals surface area contributed by atoms with Crippen molar-refractivity contribution in [3.8, 4) is 5.75 Å². The van der Waals surface area contributed by atoms with E-state index in [1.807, 2.05) is 0 Å². The maximum Gasteiger partial charge on any atom is 0.573 e. The number of nitrogen functional groups attached to an aromatic ring is 1. The van der Waals surface area contributed by atoms with E-state index in [2.05, 4.69) is 15.0 Å². The summed E-state index contributed by atoms with van der Waals surface area (Å²) in [6, 6.07) is 11.2. The standard InChI is InChI=1S/C22H19F3N4O5/c23-22(24,25)34-15-4-2-14(3-5-15)29-9-10-33-18(21(29)32)17(30)20(31)28-13-1-6-16-12(11-13)7-8-27-19(16)26/h1-8,11,17-18,30H,9-10H2,(H2,26,27)(H,28,31)/t17?,18-/m1/s1. The number of amides is 2. The Morgan fingerprint density at radius 3 is 2.68 bits per heavy atom. The smallest absolute Gasteiger partial charge is 0.406 e. The van der Waals surface area contributed by atoms with E-state index in [1.54, 1.807) is 24.3 Å². The Kier molecular flexibility index (Phi) is 6.26. The predicted molar refractivity (Wildman–Crippen MR) is 116 cm³/mol. The number of aromatic nitrogens is 1. The number of nitrogens with one attached hydrogen (secondary N) is 1. The highest BCUT2D eigenvalue weighted by molar-refractivity contribution is 6.04. The fourth-order valence-electron chi connectivity index (χ4n) is 3.55. The Morgan fingerprint density at radius 1 is 1.24 bits per heavy atom. The van der Waals surface area contributed by atoms with Crippen LogP contribution in [0.3, 0.4) is 0 Å². The van der Waals surface area contributed by atoms with Crippen LogP contribution in [0.5, 0.6) is 5.75 Å². The maximum absolute atomic E-state index is 12.9. The van der Waals surface area contributed by atoms with Crippen LogP contribution in [0.15, 0.2) is 54.7 Å². The topological polar surface area (TPSA) is 127 Å². The molecule has 1 aliphatic heterocycles. The van der Waals surface area contributed by atoms with Gasteiger partial charge in [-0.05, 0) is 53.9 Å². The van der Waals surface area contributed by atoms with E-state index in [1.165, 1.54) is 23.2 Å². The quantitative estimate of drug-likeness (QED) is 0.516. The summed E-state index contributed by atoms with van der Waals surface area (Å²) in [5.74, 6) is -1.69. The molecule has 2 heterocycles. The van der Waals surface area contributed by atoms with Gasteiger partial charge in [0.05, 0.1) is 6.61 Å². The van der Waals surface area contributed by atoms with Gasteiger partial charge in [0.25, 0.3) is 11.8 Å². The Morgan fingerprint density at radius 2 is 1.97 bits per heavy atom. The number of aliphatic hydroxyl groups is 1. The second-order valence-corrected chi connectivity index (χ2v) is 7.39. The summed E-state index contributed by atoms with van der Waals surface area (Å²) in [6.45, 7) is 0.0904.